The molecule has 6 rings (SSSR count). The summed E-state index contributed by atoms with van der Waals surface area (Å²) in [6.45, 7) is 4.42. The van der Waals surface area contributed by atoms with E-state index < -0.39 is 22.7 Å². The molecule has 2 aromatic carbocycles. The first-order valence-electron chi connectivity index (χ1n) is 14.6. The summed E-state index contributed by atoms with van der Waals surface area (Å²) in [6.07, 6.45) is 5.16. The average Bonchev–Trinajstić information content (AvgIpc) is 3.76. The highest BCUT2D eigenvalue weighted by Crippen LogP contribution is 2.46. The fourth-order valence-corrected chi connectivity index (χ4v) is 5.49. The molecule has 43 heavy (non-hydrogen) atoms. The average molecular weight is 587 g/mol. The number of aromatic nitrogens is 1. The quantitative estimate of drug-likeness (QED) is 0.312. The third-order valence-electron chi connectivity index (χ3n) is 8.55. The summed E-state index contributed by atoms with van der Waals surface area (Å²) in [5.41, 5.74) is 7.30. The van der Waals surface area contributed by atoms with Crippen molar-refractivity contribution < 1.29 is 33.3 Å². The highest BCUT2D eigenvalue weighted by atomic mass is 19.1. The second kappa shape index (κ2) is 11.2. The third-order valence-corrected chi connectivity index (χ3v) is 8.55. The summed E-state index contributed by atoms with van der Waals surface area (Å²) in [5, 5.41) is 11.7. The van der Waals surface area contributed by atoms with E-state index in [-0.39, 0.29) is 37.0 Å². The molecule has 9 heteroatoms. The Labute approximate surface area is 249 Å². The SMILES string of the molecule is C[C@](O)(CCC(=O)c1ccc(OC2CC2)c(C2=CCOCC2)c1)c1cc2c(c(-c3ccc(F)cc3)n1)OC[C@]2(C)C(N)=O. The van der Waals surface area contributed by atoms with Gasteiger partial charge in [0.1, 0.15) is 40.6 Å². The van der Waals surface area contributed by atoms with Crippen LogP contribution < -0.4 is 15.2 Å². The number of benzene rings is 2. The molecule has 0 saturated heterocycles. The van der Waals surface area contributed by atoms with Crippen LogP contribution in [0, 0.1) is 5.82 Å². The molecular weight excluding hydrogens is 551 g/mol. The van der Waals surface area contributed by atoms with E-state index in [2.05, 4.69) is 0 Å². The minimum absolute atomic E-state index is 0.0168. The molecule has 0 spiro atoms. The van der Waals surface area contributed by atoms with E-state index in [0.29, 0.717) is 41.3 Å². The summed E-state index contributed by atoms with van der Waals surface area (Å²) in [5.74, 6) is 0.0279. The van der Waals surface area contributed by atoms with Crippen molar-refractivity contribution >= 4 is 17.3 Å². The first-order chi connectivity index (χ1) is 20.5. The van der Waals surface area contributed by atoms with Gasteiger partial charge in [-0.15, -0.1) is 0 Å². The number of nitrogens with zero attached hydrogens (tertiary/aromatic N) is 1. The monoisotopic (exact) mass is 586 g/mol. The molecule has 3 heterocycles. The first-order valence-corrected chi connectivity index (χ1v) is 14.6. The number of carbonyl (C=O) groups is 2. The number of primary amides is 1. The van der Waals surface area contributed by atoms with Crippen molar-refractivity contribution in [1.29, 1.82) is 0 Å². The summed E-state index contributed by atoms with van der Waals surface area (Å²) >= 11 is 0. The van der Waals surface area contributed by atoms with Gasteiger partial charge in [0.25, 0.3) is 0 Å². The van der Waals surface area contributed by atoms with E-state index >= 15 is 0 Å². The largest absolute Gasteiger partial charge is 0.490 e. The van der Waals surface area contributed by atoms with E-state index in [9.17, 15) is 19.1 Å². The fourth-order valence-electron chi connectivity index (χ4n) is 5.49. The van der Waals surface area contributed by atoms with E-state index in [1.165, 1.54) is 12.1 Å². The van der Waals surface area contributed by atoms with Gasteiger partial charge in [0.05, 0.1) is 25.0 Å². The Hall–Kier alpha value is -4.08. The molecular formula is C34H35FN2O6. The summed E-state index contributed by atoms with van der Waals surface area (Å²) in [4.78, 5) is 30.7. The first kappa shape index (κ1) is 29.0. The number of aliphatic hydroxyl groups is 1. The third kappa shape index (κ3) is 5.79. The molecule has 8 nitrogen and oxygen atoms in total. The van der Waals surface area contributed by atoms with E-state index in [1.54, 1.807) is 38.1 Å². The zero-order chi connectivity index (χ0) is 30.4. The van der Waals surface area contributed by atoms with Crippen molar-refractivity contribution in [2.75, 3.05) is 19.8 Å². The smallest absolute Gasteiger partial charge is 0.231 e. The van der Waals surface area contributed by atoms with Gasteiger partial charge in [0, 0.05) is 28.7 Å². The molecule has 1 amide bonds. The van der Waals surface area contributed by atoms with Crippen LogP contribution in [0.2, 0.25) is 0 Å². The normalized spacial score (nSPS) is 20.9. The highest BCUT2D eigenvalue weighted by molar-refractivity contribution is 5.97. The lowest BCUT2D eigenvalue weighted by Crippen LogP contribution is -2.40. The molecule has 224 valence electrons. The van der Waals surface area contributed by atoms with Crippen molar-refractivity contribution in [2.24, 2.45) is 5.73 Å². The maximum atomic E-state index is 13.7. The number of ketones is 1. The number of amides is 1. The van der Waals surface area contributed by atoms with Crippen molar-refractivity contribution in [3.63, 3.8) is 0 Å². The number of nitrogens with two attached hydrogens (primary N) is 1. The van der Waals surface area contributed by atoms with Crippen LogP contribution in [0.15, 0.2) is 54.6 Å². The van der Waals surface area contributed by atoms with Crippen LogP contribution in [0.25, 0.3) is 16.8 Å². The maximum Gasteiger partial charge on any atom is 0.231 e. The molecule has 3 N–H and O–H groups in total. The lowest BCUT2D eigenvalue weighted by molar-refractivity contribution is -0.123. The molecule has 1 aromatic heterocycles. The number of fused-ring (bicyclic) bond motifs is 1. The molecule has 1 saturated carbocycles. The van der Waals surface area contributed by atoms with Crippen LogP contribution >= 0.6 is 0 Å². The van der Waals surface area contributed by atoms with Gasteiger partial charge in [-0.1, -0.05) is 6.08 Å². The topological polar surface area (TPSA) is 121 Å². The zero-order valence-electron chi connectivity index (χ0n) is 24.3. The van der Waals surface area contributed by atoms with Gasteiger partial charge >= 0.3 is 0 Å². The molecule has 0 radical (unpaired) electrons. The number of ether oxygens (including phenoxy) is 3. The Morgan fingerprint density at radius 3 is 2.63 bits per heavy atom. The second-order valence-electron chi connectivity index (χ2n) is 12.0. The summed E-state index contributed by atoms with van der Waals surface area (Å²) in [6, 6.07) is 12.9. The fraction of sp³-hybridized carbons (Fsp3) is 0.382. The number of Topliss-reactive ketones (excluding diaryl/α,β-unsaturated/α-hetero) is 1. The van der Waals surface area contributed by atoms with Gasteiger partial charge in [-0.05, 0) is 93.6 Å². The predicted molar refractivity (Wildman–Crippen MR) is 158 cm³/mol. The molecule has 0 unspecified atom stereocenters. The maximum absolute atomic E-state index is 13.7. The minimum Gasteiger partial charge on any atom is -0.490 e. The standard InChI is InChI=1S/C34H35FN2O6/c1-33(32(36)39)19-42-31-26(33)18-29(37-30(31)21-3-6-23(35)7-4-21)34(2,40)14-11-27(38)22-5-10-28(43-24-8-9-24)25(17-22)20-12-15-41-16-13-20/h3-7,10,12,17-18,24,40H,8-9,11,13-16,19H2,1-2H3,(H2,36,39)/t33-,34-/m0/s1. The Morgan fingerprint density at radius 1 is 1.19 bits per heavy atom. The van der Waals surface area contributed by atoms with Gasteiger partial charge < -0.3 is 25.1 Å². The van der Waals surface area contributed by atoms with Crippen LogP contribution in [-0.2, 0) is 20.5 Å². The number of carbonyl (C=O) groups excluding carboxylic acids is 2. The Balaban J connectivity index is 1.29. The molecule has 3 aromatic rings. The number of pyridine rings is 1. The Kier molecular flexibility index (Phi) is 7.56. The van der Waals surface area contributed by atoms with E-state index in [1.807, 2.05) is 18.2 Å². The number of hydrogen-bond donors (Lipinski definition) is 2. The summed E-state index contributed by atoms with van der Waals surface area (Å²) < 4.78 is 31.2. The van der Waals surface area contributed by atoms with Gasteiger partial charge in [0.15, 0.2) is 5.78 Å². The van der Waals surface area contributed by atoms with Crippen molar-refractivity contribution in [3.05, 3.63) is 82.8 Å². The molecule has 3 aliphatic rings. The van der Waals surface area contributed by atoms with E-state index in [0.717, 1.165) is 36.1 Å². The van der Waals surface area contributed by atoms with Crippen LogP contribution in [0.5, 0.6) is 11.5 Å². The highest BCUT2D eigenvalue weighted by Gasteiger charge is 2.45. The molecule has 0 bridgehead atoms. The number of rotatable bonds is 10. The summed E-state index contributed by atoms with van der Waals surface area (Å²) in [7, 11) is 0. The van der Waals surface area contributed by atoms with E-state index in [4.69, 9.17) is 24.9 Å². The molecule has 2 atom stereocenters. The minimum atomic E-state index is -1.54. The van der Waals surface area contributed by atoms with Gasteiger partial charge in [0.2, 0.25) is 5.91 Å². The Morgan fingerprint density at radius 2 is 1.95 bits per heavy atom. The van der Waals surface area contributed by atoms with Crippen LogP contribution in [-0.4, -0.2) is 47.7 Å². The molecule has 2 aliphatic heterocycles. The van der Waals surface area contributed by atoms with Crippen molar-refractivity contribution in [3.8, 4) is 22.8 Å². The zero-order valence-corrected chi connectivity index (χ0v) is 24.3. The van der Waals surface area contributed by atoms with Gasteiger partial charge in [-0.2, -0.15) is 0 Å². The number of halogens is 1. The molecule has 1 fully saturated rings. The van der Waals surface area contributed by atoms with Gasteiger partial charge in [-0.3, -0.25) is 9.59 Å². The van der Waals surface area contributed by atoms with Gasteiger partial charge in [-0.25, -0.2) is 9.37 Å². The Bertz CT molecular complexity index is 1610. The predicted octanol–water partition coefficient (Wildman–Crippen LogP) is 5.24. The lowest BCUT2D eigenvalue weighted by Gasteiger charge is -2.26. The second-order valence-corrected chi connectivity index (χ2v) is 12.0. The van der Waals surface area contributed by atoms with Crippen LogP contribution in [0.4, 0.5) is 4.39 Å². The number of hydrogen-bond acceptors (Lipinski definition) is 7. The van der Waals surface area contributed by atoms with Crippen molar-refractivity contribution in [2.45, 2.75) is 63.1 Å². The lowest BCUT2D eigenvalue weighted by atomic mass is 9.81. The van der Waals surface area contributed by atoms with Crippen LogP contribution in [0.3, 0.4) is 0 Å². The molecule has 1 aliphatic carbocycles. The van der Waals surface area contributed by atoms with Crippen molar-refractivity contribution in [1.82, 2.24) is 4.98 Å². The van der Waals surface area contributed by atoms with Crippen LogP contribution in [0.1, 0.15) is 73.1 Å².